The second kappa shape index (κ2) is 17.4. The Morgan fingerprint density at radius 1 is 0.800 bits per heavy atom. The standard InChI is InChI=1S/Mg.2Nb.6O.Pb/q+2;;;;;;;2*-1;. The van der Waals surface area contributed by atoms with Gasteiger partial charge >= 0.3 is 80.9 Å². The minimum absolute atomic E-state index is 0. The van der Waals surface area contributed by atoms with Crippen molar-refractivity contribution in [3.8, 4) is 0 Å². The molecule has 6 nitrogen and oxygen atoms in total. The number of rotatable bonds is 0. The first kappa shape index (κ1) is 22.8. The zero-order valence-electron chi connectivity index (χ0n) is 4.55. The Morgan fingerprint density at radius 3 is 0.800 bits per heavy atom. The molecule has 0 heterocycles. The van der Waals surface area contributed by atoms with Crippen LogP contribution in [0.2, 0.25) is 0 Å². The Morgan fingerprint density at radius 2 is 0.800 bits per heavy atom. The summed E-state index contributed by atoms with van der Waals surface area (Å²) in [5, 5.41) is 0. The molecule has 0 saturated heterocycles. The zero-order valence-corrected chi connectivity index (χ0v) is 14.2. The molecule has 0 fully saturated rings. The third kappa shape index (κ3) is 169. The van der Waals surface area contributed by atoms with Gasteiger partial charge < -0.3 is 0 Å². The Balaban J connectivity index is -0.0000000300. The molecule has 0 aliphatic carbocycles. The van der Waals surface area contributed by atoms with Crippen LogP contribution in [0.4, 0.5) is 0 Å². The van der Waals surface area contributed by atoms with E-state index in [0.717, 1.165) is 0 Å². The molecular weight excluding hydrogens is 513 g/mol. The van der Waals surface area contributed by atoms with Crippen molar-refractivity contribution in [1.29, 1.82) is 0 Å². The van der Waals surface area contributed by atoms with Gasteiger partial charge in [0.25, 0.3) is 0 Å². The van der Waals surface area contributed by atoms with Crippen molar-refractivity contribution >= 4 is 50.4 Å². The molecule has 0 aliphatic rings. The van der Waals surface area contributed by atoms with Gasteiger partial charge in [-0.25, -0.2) is 0 Å². The third-order valence-corrected chi connectivity index (χ3v) is 0. The van der Waals surface area contributed by atoms with Crippen molar-refractivity contribution in [1.82, 2.24) is 0 Å². The summed E-state index contributed by atoms with van der Waals surface area (Å²) >= 11 is -8.40. The van der Waals surface area contributed by atoms with Crippen molar-refractivity contribution in [3.63, 3.8) is 0 Å². The maximum absolute atomic E-state index is 8.60. The van der Waals surface area contributed by atoms with E-state index in [9.17, 15) is 0 Å². The van der Waals surface area contributed by atoms with Crippen molar-refractivity contribution in [2.24, 2.45) is 0 Å². The summed E-state index contributed by atoms with van der Waals surface area (Å²) in [6, 6.07) is 0. The fraction of sp³-hybridized carbons (Fsp3) is 0. The maximum Gasteiger partial charge on any atom is 0 e. The van der Waals surface area contributed by atoms with Gasteiger partial charge in [-0.2, -0.15) is 0 Å². The second-order valence-corrected chi connectivity index (χ2v) is 2.65. The average Bonchev–Trinajstić information content (AvgIpc) is 1.25. The molecule has 0 bridgehead atoms. The van der Waals surface area contributed by atoms with E-state index in [4.69, 9.17) is 20.2 Å². The monoisotopic (exact) mass is 514 g/mol. The largest absolute Gasteiger partial charge is 0 e. The van der Waals surface area contributed by atoms with Crippen LogP contribution in [-0.2, 0) is 50.6 Å². The molecule has 0 rings (SSSR count). The summed E-state index contributed by atoms with van der Waals surface area (Å²) in [5.74, 6) is 0. The first-order valence-electron chi connectivity index (χ1n) is 1.10. The average molecular weight is 513 g/mol. The normalized spacial score (nSPS) is 5.00. The van der Waals surface area contributed by atoms with Crippen molar-refractivity contribution in [2.75, 3.05) is 0 Å². The van der Waals surface area contributed by atoms with E-state index in [2.05, 4.69) is 0 Å². The number of hydrogen-bond acceptors (Lipinski definition) is 6. The molecule has 10 heteroatoms. The Kier molecular flexibility index (Phi) is 39.6. The third-order valence-electron chi connectivity index (χ3n) is 0. The van der Waals surface area contributed by atoms with Crippen LogP contribution in [0.3, 0.4) is 0 Å². The van der Waals surface area contributed by atoms with E-state index in [-0.39, 0.29) is 50.4 Å². The van der Waals surface area contributed by atoms with Gasteiger partial charge in [-0.1, -0.05) is 0 Å². The number of hydrogen-bond donors (Lipinski definition) is 0. The van der Waals surface area contributed by atoms with Gasteiger partial charge in [0.2, 0.25) is 0 Å². The molecule has 0 spiro atoms. The minimum Gasteiger partial charge on any atom is 0 e. The van der Waals surface area contributed by atoms with Gasteiger partial charge in [0.05, 0.1) is 0 Å². The van der Waals surface area contributed by atoms with E-state index in [1.54, 1.807) is 0 Å². The Labute approximate surface area is 106 Å². The van der Waals surface area contributed by atoms with E-state index in [0.29, 0.717) is 0 Å². The van der Waals surface area contributed by atoms with E-state index < -0.39 is 37.6 Å². The molecule has 0 aliphatic heterocycles. The van der Waals surface area contributed by atoms with Gasteiger partial charge in [-0.05, 0) is 0 Å². The van der Waals surface area contributed by atoms with Crippen LogP contribution >= 0.6 is 0 Å². The Hall–Kier alpha value is 2.29. The molecule has 0 atom stereocenters. The minimum atomic E-state index is -4.20. The van der Waals surface area contributed by atoms with E-state index >= 15 is 0 Å². The topological polar surface area (TPSA) is 114 Å². The quantitative estimate of drug-likeness (QED) is 0.309. The summed E-state index contributed by atoms with van der Waals surface area (Å²) in [6.07, 6.45) is 0. The second-order valence-electron chi connectivity index (χ2n) is 0.447. The Bertz CT molecular complexity index is 133. The van der Waals surface area contributed by atoms with Crippen LogP contribution in [0.1, 0.15) is 0 Å². The van der Waals surface area contributed by atoms with Crippen LogP contribution in [0.25, 0.3) is 0 Å². The van der Waals surface area contributed by atoms with Crippen LogP contribution in [0.15, 0.2) is 0 Å². The van der Waals surface area contributed by atoms with Gasteiger partial charge in [0.15, 0.2) is 0 Å². The summed E-state index contributed by atoms with van der Waals surface area (Å²) < 4.78 is 51.6. The molecule has 0 unspecified atom stereocenters. The molecule has 10 heavy (non-hydrogen) atoms. The predicted octanol–water partition coefficient (Wildman–Crippen LogP) is -3.62. The van der Waals surface area contributed by atoms with Gasteiger partial charge in [0.1, 0.15) is 0 Å². The fourth-order valence-electron chi connectivity index (χ4n) is 0. The summed E-state index contributed by atoms with van der Waals surface area (Å²) in [6.45, 7) is 0. The van der Waals surface area contributed by atoms with Crippen LogP contribution < -0.4 is 7.23 Å². The molecule has 4 radical (unpaired) electrons. The SMILES string of the molecule is [Mg+2].[O]=[Nb](=[O])[O-].[O]=[Nb](=[O])[O-].[Pb]. The molecule has 0 aromatic rings. The van der Waals surface area contributed by atoms with E-state index in [1.165, 1.54) is 0 Å². The van der Waals surface area contributed by atoms with Crippen LogP contribution in [0, 0.1) is 0 Å². The first-order valence-corrected chi connectivity index (χ1v) is 6.48. The molecular formula is MgNb2O6Pb. The maximum atomic E-state index is 8.60. The summed E-state index contributed by atoms with van der Waals surface area (Å²) in [5.41, 5.74) is 0. The fourth-order valence-corrected chi connectivity index (χ4v) is 0. The van der Waals surface area contributed by atoms with Crippen LogP contribution in [-0.4, -0.2) is 50.4 Å². The van der Waals surface area contributed by atoms with Crippen molar-refractivity contribution in [3.05, 3.63) is 0 Å². The van der Waals surface area contributed by atoms with Crippen molar-refractivity contribution < 1.29 is 57.8 Å². The van der Waals surface area contributed by atoms with Crippen LogP contribution in [0.5, 0.6) is 0 Å². The summed E-state index contributed by atoms with van der Waals surface area (Å²) in [7, 11) is 0. The van der Waals surface area contributed by atoms with Gasteiger partial charge in [-0.3, -0.25) is 0 Å². The molecule has 52 valence electrons. The molecule has 0 aromatic heterocycles. The van der Waals surface area contributed by atoms with Gasteiger partial charge in [-0.15, -0.1) is 0 Å². The van der Waals surface area contributed by atoms with Gasteiger partial charge in [0, 0.05) is 27.3 Å². The first-order chi connectivity index (χ1) is 3.46. The zero-order chi connectivity index (χ0) is 7.15. The predicted molar refractivity (Wildman–Crippen MR) is 14.3 cm³/mol. The molecule has 0 N–H and O–H groups in total. The molecule has 0 aromatic carbocycles. The molecule has 0 saturated carbocycles. The summed E-state index contributed by atoms with van der Waals surface area (Å²) in [4.78, 5) is 0. The smallest absolute Gasteiger partial charge is 0 e. The van der Waals surface area contributed by atoms with E-state index in [1.807, 2.05) is 0 Å². The van der Waals surface area contributed by atoms with Crippen molar-refractivity contribution in [2.45, 2.75) is 0 Å². The molecule has 0 amide bonds.